The summed E-state index contributed by atoms with van der Waals surface area (Å²) < 4.78 is 5.52. The lowest BCUT2D eigenvalue weighted by Crippen LogP contribution is -2.43. The van der Waals surface area contributed by atoms with Crippen LogP contribution in [0.4, 0.5) is 0 Å². The number of aliphatic hydroxyl groups is 1. The number of carbonyl (C=O) groups is 1. The van der Waals surface area contributed by atoms with E-state index in [1.54, 1.807) is 12.1 Å². The van der Waals surface area contributed by atoms with Crippen LogP contribution in [0.1, 0.15) is 37.4 Å². The second-order valence-electron chi connectivity index (χ2n) is 5.89. The topological polar surface area (TPSA) is 49.8 Å². The van der Waals surface area contributed by atoms with Gasteiger partial charge in [-0.05, 0) is 38.3 Å². The Labute approximate surface area is 119 Å². The molecule has 2 heterocycles. The van der Waals surface area contributed by atoms with E-state index in [2.05, 4.69) is 11.9 Å². The highest BCUT2D eigenvalue weighted by atomic mass is 16.6. The Morgan fingerprint density at radius 3 is 2.45 bits per heavy atom. The lowest BCUT2D eigenvalue weighted by atomic mass is 10.0. The van der Waals surface area contributed by atoms with Gasteiger partial charge >= 0.3 is 5.97 Å². The maximum absolute atomic E-state index is 12.0. The van der Waals surface area contributed by atoms with Gasteiger partial charge in [-0.1, -0.05) is 30.3 Å². The Morgan fingerprint density at radius 1 is 1.25 bits per heavy atom. The lowest BCUT2D eigenvalue weighted by Gasteiger charge is -2.36. The lowest BCUT2D eigenvalue weighted by molar-refractivity contribution is -0.162. The highest BCUT2D eigenvalue weighted by Crippen LogP contribution is 2.35. The number of aliphatic hydroxyl groups excluding tert-OH is 1. The van der Waals surface area contributed by atoms with E-state index < -0.39 is 12.1 Å². The van der Waals surface area contributed by atoms with Crippen molar-refractivity contribution in [2.45, 2.75) is 50.0 Å². The first-order valence-electron chi connectivity index (χ1n) is 7.30. The zero-order valence-corrected chi connectivity index (χ0v) is 11.7. The predicted molar refractivity (Wildman–Crippen MR) is 75.1 cm³/mol. The number of hydrogen-bond donors (Lipinski definition) is 1. The predicted octanol–water partition coefficient (Wildman–Crippen LogP) is 1.89. The van der Waals surface area contributed by atoms with Crippen molar-refractivity contribution < 1.29 is 14.6 Å². The third kappa shape index (κ3) is 2.58. The molecule has 2 aliphatic rings. The summed E-state index contributed by atoms with van der Waals surface area (Å²) in [5, 5.41) is 10.0. The van der Waals surface area contributed by atoms with Crippen LogP contribution in [-0.2, 0) is 9.53 Å². The van der Waals surface area contributed by atoms with E-state index in [0.29, 0.717) is 17.6 Å². The van der Waals surface area contributed by atoms with E-state index in [0.717, 1.165) is 12.8 Å². The molecule has 4 heteroatoms. The zero-order valence-electron chi connectivity index (χ0n) is 11.7. The summed E-state index contributed by atoms with van der Waals surface area (Å²) >= 11 is 0. The summed E-state index contributed by atoms with van der Waals surface area (Å²) in [6, 6.07) is 10.0. The van der Waals surface area contributed by atoms with Crippen LogP contribution in [0.3, 0.4) is 0 Å². The van der Waals surface area contributed by atoms with Crippen molar-refractivity contribution in [2.24, 2.45) is 0 Å². The number of carbonyl (C=O) groups excluding carboxylic acids is 1. The first-order valence-corrected chi connectivity index (χ1v) is 7.30. The Balaban J connectivity index is 1.60. The highest BCUT2D eigenvalue weighted by molar-refractivity contribution is 5.76. The van der Waals surface area contributed by atoms with Gasteiger partial charge in [-0.3, -0.25) is 0 Å². The molecule has 20 heavy (non-hydrogen) atoms. The van der Waals surface area contributed by atoms with E-state index in [1.807, 2.05) is 18.2 Å². The Hall–Kier alpha value is -1.39. The molecule has 2 fully saturated rings. The molecule has 2 saturated heterocycles. The van der Waals surface area contributed by atoms with E-state index in [9.17, 15) is 9.90 Å². The average Bonchev–Trinajstić information content (AvgIpc) is 2.69. The Bertz CT molecular complexity index is 462. The first kappa shape index (κ1) is 13.6. The molecular formula is C16H21NO3. The van der Waals surface area contributed by atoms with Crippen LogP contribution in [0.15, 0.2) is 30.3 Å². The number of nitrogens with zero attached hydrogens (tertiary/aromatic N) is 1. The van der Waals surface area contributed by atoms with Gasteiger partial charge in [0.2, 0.25) is 0 Å². The molecule has 1 aromatic rings. The summed E-state index contributed by atoms with van der Waals surface area (Å²) in [7, 11) is 2.15. The van der Waals surface area contributed by atoms with Crippen molar-refractivity contribution in [3.63, 3.8) is 0 Å². The largest absolute Gasteiger partial charge is 0.460 e. The van der Waals surface area contributed by atoms with E-state index >= 15 is 0 Å². The fourth-order valence-electron chi connectivity index (χ4n) is 3.46. The van der Waals surface area contributed by atoms with Gasteiger partial charge in [0, 0.05) is 12.1 Å². The molecule has 4 nitrogen and oxygen atoms in total. The minimum atomic E-state index is -1.17. The van der Waals surface area contributed by atoms with Gasteiger partial charge in [-0.15, -0.1) is 0 Å². The molecule has 1 N–H and O–H groups in total. The number of piperidine rings is 1. The third-order valence-corrected chi connectivity index (χ3v) is 4.68. The first-order chi connectivity index (χ1) is 9.65. The van der Waals surface area contributed by atoms with Gasteiger partial charge in [-0.2, -0.15) is 0 Å². The van der Waals surface area contributed by atoms with Gasteiger partial charge in [0.1, 0.15) is 6.10 Å². The number of ether oxygens (including phenoxy) is 1. The van der Waals surface area contributed by atoms with Crippen molar-refractivity contribution in [2.75, 3.05) is 7.05 Å². The molecule has 0 aromatic heterocycles. The minimum Gasteiger partial charge on any atom is -0.460 e. The smallest absolute Gasteiger partial charge is 0.339 e. The van der Waals surface area contributed by atoms with Crippen molar-refractivity contribution in [1.82, 2.24) is 4.90 Å². The summed E-state index contributed by atoms with van der Waals surface area (Å²) in [6.45, 7) is 0. The molecule has 108 valence electrons. The quantitative estimate of drug-likeness (QED) is 0.856. The SMILES string of the molecule is CN1[C@@H]2CC[C@H]1CC(OC(=O)C(O)c1ccccc1)C2. The van der Waals surface area contributed by atoms with Crippen molar-refractivity contribution in [3.8, 4) is 0 Å². The molecular weight excluding hydrogens is 254 g/mol. The molecule has 0 aliphatic carbocycles. The molecule has 2 unspecified atom stereocenters. The fourth-order valence-corrected chi connectivity index (χ4v) is 3.46. The van der Waals surface area contributed by atoms with Crippen LogP contribution in [0, 0.1) is 0 Å². The molecule has 0 amide bonds. The maximum atomic E-state index is 12.0. The molecule has 1 aromatic carbocycles. The summed E-state index contributed by atoms with van der Waals surface area (Å²) in [4.78, 5) is 14.4. The minimum absolute atomic E-state index is 0.0467. The van der Waals surface area contributed by atoms with Gasteiger partial charge in [0.05, 0.1) is 0 Å². The highest BCUT2D eigenvalue weighted by Gasteiger charge is 2.40. The number of rotatable bonds is 3. The monoisotopic (exact) mass is 275 g/mol. The van der Waals surface area contributed by atoms with Crippen LogP contribution in [0.5, 0.6) is 0 Å². The molecule has 0 radical (unpaired) electrons. The Morgan fingerprint density at radius 2 is 1.85 bits per heavy atom. The fraction of sp³-hybridized carbons (Fsp3) is 0.562. The van der Waals surface area contributed by atoms with Crippen molar-refractivity contribution in [3.05, 3.63) is 35.9 Å². The number of benzene rings is 1. The van der Waals surface area contributed by atoms with E-state index in [-0.39, 0.29) is 6.10 Å². The Kier molecular flexibility index (Phi) is 3.76. The van der Waals surface area contributed by atoms with Gasteiger partial charge < -0.3 is 14.7 Å². The standard InChI is InChI=1S/C16H21NO3/c1-17-12-7-8-13(17)10-14(9-12)20-16(19)15(18)11-5-3-2-4-6-11/h2-6,12-15,18H,7-10H2,1H3/t12-,13+,14?,15?. The summed E-state index contributed by atoms with van der Waals surface area (Å²) in [6.07, 6.45) is 2.94. The van der Waals surface area contributed by atoms with E-state index in [4.69, 9.17) is 4.74 Å². The van der Waals surface area contributed by atoms with Gasteiger partial charge in [0.15, 0.2) is 6.10 Å². The molecule has 0 saturated carbocycles. The van der Waals surface area contributed by atoms with Crippen LogP contribution in [0.2, 0.25) is 0 Å². The maximum Gasteiger partial charge on any atom is 0.339 e. The van der Waals surface area contributed by atoms with Crippen molar-refractivity contribution >= 4 is 5.97 Å². The second kappa shape index (κ2) is 5.54. The van der Waals surface area contributed by atoms with Crippen LogP contribution in [-0.4, -0.2) is 41.2 Å². The molecule has 2 bridgehead atoms. The van der Waals surface area contributed by atoms with Gasteiger partial charge in [0.25, 0.3) is 0 Å². The molecule has 4 atom stereocenters. The summed E-state index contributed by atoms with van der Waals surface area (Å²) in [5.41, 5.74) is 0.591. The normalized spacial score (nSPS) is 31.0. The number of hydrogen-bond acceptors (Lipinski definition) is 4. The third-order valence-electron chi connectivity index (χ3n) is 4.68. The van der Waals surface area contributed by atoms with Crippen LogP contribution >= 0.6 is 0 Å². The second-order valence-corrected chi connectivity index (χ2v) is 5.89. The zero-order chi connectivity index (χ0) is 14.1. The average molecular weight is 275 g/mol. The summed E-state index contributed by atoms with van der Waals surface area (Å²) in [5.74, 6) is -0.523. The molecule has 3 rings (SSSR count). The van der Waals surface area contributed by atoms with Crippen molar-refractivity contribution in [1.29, 1.82) is 0 Å². The number of fused-ring (bicyclic) bond motifs is 2. The van der Waals surface area contributed by atoms with Gasteiger partial charge in [-0.25, -0.2) is 4.79 Å². The van der Waals surface area contributed by atoms with E-state index in [1.165, 1.54) is 12.8 Å². The van der Waals surface area contributed by atoms with Crippen LogP contribution < -0.4 is 0 Å². The number of esters is 1. The molecule has 0 spiro atoms. The molecule has 2 aliphatic heterocycles. The van der Waals surface area contributed by atoms with Crippen LogP contribution in [0.25, 0.3) is 0 Å².